The Labute approximate surface area is 193 Å². The van der Waals surface area contributed by atoms with Gasteiger partial charge >= 0.3 is 6.09 Å². The number of nitrogens with zero attached hydrogens (tertiary/aromatic N) is 1. The van der Waals surface area contributed by atoms with Gasteiger partial charge < -0.3 is 23.7 Å². The molecule has 3 aliphatic rings. The van der Waals surface area contributed by atoms with E-state index < -0.39 is 48.6 Å². The van der Waals surface area contributed by atoms with Crippen molar-refractivity contribution in [3.63, 3.8) is 0 Å². The Kier molecular flexibility index (Phi) is 5.97. The second kappa shape index (κ2) is 8.91. The summed E-state index contributed by atoms with van der Waals surface area (Å²) >= 11 is 0. The zero-order chi connectivity index (χ0) is 23.0. The highest BCUT2D eigenvalue weighted by Gasteiger charge is 2.61. The minimum Gasteiger partial charge on any atom is -0.440 e. The quantitative estimate of drug-likeness (QED) is 0.593. The van der Waals surface area contributed by atoms with Crippen molar-refractivity contribution in [2.24, 2.45) is 0 Å². The van der Waals surface area contributed by atoms with Crippen LogP contribution in [0.1, 0.15) is 25.0 Å². The number of ether oxygens (including phenoxy) is 5. The molecule has 6 atom stereocenters. The van der Waals surface area contributed by atoms with Gasteiger partial charge in [-0.25, -0.2) is 4.79 Å². The number of carbonyl (C=O) groups is 1. The molecule has 3 aliphatic heterocycles. The van der Waals surface area contributed by atoms with Crippen LogP contribution >= 0.6 is 0 Å². The summed E-state index contributed by atoms with van der Waals surface area (Å²) in [7, 11) is 0. The van der Waals surface area contributed by atoms with E-state index >= 15 is 0 Å². The summed E-state index contributed by atoms with van der Waals surface area (Å²) < 4.78 is 30.6. The molecule has 7 nitrogen and oxygen atoms in total. The Bertz CT molecular complexity index is 981. The summed E-state index contributed by atoms with van der Waals surface area (Å²) in [5.74, 6) is -0.780. The van der Waals surface area contributed by atoms with E-state index in [2.05, 4.69) is 6.58 Å². The lowest BCUT2D eigenvalue weighted by molar-refractivity contribution is -0.225. The fraction of sp³-hybridized carbons (Fsp3) is 0.423. The molecule has 174 valence electrons. The third kappa shape index (κ3) is 4.42. The number of hydrogen-bond acceptors (Lipinski definition) is 6. The van der Waals surface area contributed by atoms with Gasteiger partial charge in [0.2, 0.25) is 0 Å². The normalized spacial score (nSPS) is 32.5. The Morgan fingerprint density at radius 1 is 1.00 bits per heavy atom. The Balaban J connectivity index is 1.43. The largest absolute Gasteiger partial charge is 0.440 e. The molecule has 0 aromatic heterocycles. The maximum Gasteiger partial charge on any atom is 0.411 e. The van der Waals surface area contributed by atoms with E-state index in [1.807, 2.05) is 74.5 Å². The van der Waals surface area contributed by atoms with Crippen LogP contribution in [0.5, 0.6) is 0 Å². The smallest absolute Gasteiger partial charge is 0.411 e. The second-order valence-electron chi connectivity index (χ2n) is 9.02. The highest BCUT2D eigenvalue weighted by molar-refractivity contribution is 5.71. The molecule has 0 radical (unpaired) electrons. The average molecular weight is 452 g/mol. The predicted molar refractivity (Wildman–Crippen MR) is 120 cm³/mol. The first-order chi connectivity index (χ1) is 15.9. The summed E-state index contributed by atoms with van der Waals surface area (Å²) in [4.78, 5) is 14.5. The molecule has 0 bridgehead atoms. The van der Waals surface area contributed by atoms with Crippen LogP contribution in [-0.2, 0) is 36.8 Å². The van der Waals surface area contributed by atoms with Crippen molar-refractivity contribution in [3.05, 3.63) is 84.4 Å². The Morgan fingerprint density at radius 3 is 2.33 bits per heavy atom. The summed E-state index contributed by atoms with van der Waals surface area (Å²) in [6.45, 7) is 8.38. The van der Waals surface area contributed by atoms with Crippen LogP contribution < -0.4 is 0 Å². The molecule has 5 rings (SSSR count). The molecule has 3 fully saturated rings. The molecule has 33 heavy (non-hydrogen) atoms. The van der Waals surface area contributed by atoms with Gasteiger partial charge in [0.15, 0.2) is 12.1 Å². The molecule has 7 heteroatoms. The first kappa shape index (κ1) is 22.1. The number of benzene rings is 2. The standard InChI is InChI=1S/C26H29NO6/c1-4-19-20(27(25(28)30-19)15-17-11-7-5-8-12-17)21-22(29-16-18-13-9-6-10-14-18)23-24(31-21)33-26(2,3)32-23/h4-14,19-24H,1,15-16H2,2-3H3/t19-,20-,21-,22+,23-,24-/m1/s1. The zero-order valence-electron chi connectivity index (χ0n) is 18.8. The molecule has 2 aromatic rings. The molecule has 0 aliphatic carbocycles. The highest BCUT2D eigenvalue weighted by atomic mass is 16.8. The van der Waals surface area contributed by atoms with Gasteiger partial charge in [-0.15, -0.1) is 0 Å². The van der Waals surface area contributed by atoms with Crippen molar-refractivity contribution in [2.75, 3.05) is 0 Å². The maximum absolute atomic E-state index is 12.8. The molecule has 0 spiro atoms. The van der Waals surface area contributed by atoms with Crippen molar-refractivity contribution < 1.29 is 28.5 Å². The lowest BCUT2D eigenvalue weighted by Gasteiger charge is -2.33. The fourth-order valence-electron chi connectivity index (χ4n) is 4.79. The summed E-state index contributed by atoms with van der Waals surface area (Å²) in [6.07, 6.45) is -1.29. The molecule has 2 aromatic carbocycles. The molecule has 0 unspecified atom stereocenters. The van der Waals surface area contributed by atoms with Crippen LogP contribution in [0.3, 0.4) is 0 Å². The third-order valence-electron chi connectivity index (χ3n) is 6.24. The lowest BCUT2D eigenvalue weighted by atomic mass is 9.97. The topological polar surface area (TPSA) is 66.5 Å². The number of rotatable bonds is 7. The molecule has 3 saturated heterocycles. The van der Waals surface area contributed by atoms with E-state index in [9.17, 15) is 4.79 Å². The van der Waals surface area contributed by atoms with Gasteiger partial charge in [0.05, 0.1) is 6.61 Å². The first-order valence-corrected chi connectivity index (χ1v) is 11.3. The summed E-state index contributed by atoms with van der Waals surface area (Å²) in [6, 6.07) is 19.3. The highest BCUT2D eigenvalue weighted by Crippen LogP contribution is 2.43. The van der Waals surface area contributed by atoms with E-state index in [0.717, 1.165) is 11.1 Å². The van der Waals surface area contributed by atoms with E-state index in [-0.39, 0.29) is 0 Å². The molecular formula is C26H29NO6. The van der Waals surface area contributed by atoms with Crippen molar-refractivity contribution >= 4 is 6.09 Å². The van der Waals surface area contributed by atoms with Crippen molar-refractivity contribution in [1.29, 1.82) is 0 Å². The number of fused-ring (bicyclic) bond motifs is 1. The van der Waals surface area contributed by atoms with E-state index in [0.29, 0.717) is 13.2 Å². The number of amides is 1. The molecule has 3 heterocycles. The lowest BCUT2D eigenvalue weighted by Crippen LogP contribution is -2.51. The van der Waals surface area contributed by atoms with Gasteiger partial charge in [-0.05, 0) is 31.1 Å². The fourth-order valence-corrected chi connectivity index (χ4v) is 4.79. The van der Waals surface area contributed by atoms with Crippen LogP contribution in [0.2, 0.25) is 0 Å². The number of hydrogen-bond donors (Lipinski definition) is 0. The van der Waals surface area contributed by atoms with Crippen LogP contribution in [-0.4, -0.2) is 53.5 Å². The van der Waals surface area contributed by atoms with Gasteiger partial charge in [0.25, 0.3) is 0 Å². The SMILES string of the molecule is C=C[C@H]1OC(=O)N(Cc2ccccc2)[C@H]1[C@H]1O[C@@H]2OC(C)(C)O[C@@H]2[C@H]1OCc1ccccc1. The van der Waals surface area contributed by atoms with Crippen molar-refractivity contribution in [2.45, 2.75) is 69.5 Å². The van der Waals surface area contributed by atoms with Crippen LogP contribution in [0, 0.1) is 0 Å². The van der Waals surface area contributed by atoms with E-state index in [4.69, 9.17) is 23.7 Å². The van der Waals surface area contributed by atoms with Gasteiger partial charge in [0.1, 0.15) is 30.5 Å². The molecule has 0 saturated carbocycles. The molecular weight excluding hydrogens is 422 g/mol. The van der Waals surface area contributed by atoms with Gasteiger partial charge in [0, 0.05) is 6.54 Å². The van der Waals surface area contributed by atoms with E-state index in [1.54, 1.807) is 11.0 Å². The van der Waals surface area contributed by atoms with Gasteiger partial charge in [-0.1, -0.05) is 67.2 Å². The second-order valence-corrected chi connectivity index (χ2v) is 9.02. The van der Waals surface area contributed by atoms with Crippen LogP contribution in [0.15, 0.2) is 73.3 Å². The zero-order valence-corrected chi connectivity index (χ0v) is 18.8. The first-order valence-electron chi connectivity index (χ1n) is 11.3. The van der Waals surface area contributed by atoms with Gasteiger partial charge in [-0.2, -0.15) is 0 Å². The predicted octanol–water partition coefficient (Wildman–Crippen LogP) is 4.02. The Morgan fingerprint density at radius 2 is 1.67 bits per heavy atom. The number of cyclic esters (lactones) is 1. The Hall–Kier alpha value is -2.71. The summed E-state index contributed by atoms with van der Waals surface area (Å²) in [5.41, 5.74) is 2.04. The minimum absolute atomic E-state index is 0.386. The summed E-state index contributed by atoms with van der Waals surface area (Å²) in [5, 5.41) is 0. The average Bonchev–Trinajstić information content (AvgIpc) is 3.40. The van der Waals surface area contributed by atoms with Crippen molar-refractivity contribution in [1.82, 2.24) is 4.90 Å². The van der Waals surface area contributed by atoms with Crippen LogP contribution in [0.25, 0.3) is 0 Å². The van der Waals surface area contributed by atoms with Crippen molar-refractivity contribution in [3.8, 4) is 0 Å². The van der Waals surface area contributed by atoms with E-state index in [1.165, 1.54) is 0 Å². The van der Waals surface area contributed by atoms with Crippen LogP contribution in [0.4, 0.5) is 4.79 Å². The number of carbonyl (C=O) groups excluding carboxylic acids is 1. The third-order valence-corrected chi connectivity index (χ3v) is 6.24. The van der Waals surface area contributed by atoms with Gasteiger partial charge in [-0.3, -0.25) is 4.90 Å². The monoisotopic (exact) mass is 451 g/mol. The molecule has 0 N–H and O–H groups in total. The molecule has 1 amide bonds. The maximum atomic E-state index is 12.8. The minimum atomic E-state index is -0.780.